The molecule has 7 heteroatoms. The molecule has 2 aromatic rings. The average Bonchev–Trinajstić information content (AvgIpc) is 2.76. The van der Waals surface area contributed by atoms with Crippen LogP contribution in [0.25, 0.3) is 0 Å². The summed E-state index contributed by atoms with van der Waals surface area (Å²) >= 11 is 0. The maximum absolute atomic E-state index is 12.3. The summed E-state index contributed by atoms with van der Waals surface area (Å²) < 4.78 is 0. The van der Waals surface area contributed by atoms with Crippen LogP contribution in [-0.4, -0.2) is 42.2 Å². The average molecular weight is 423 g/mol. The molecule has 2 aliphatic carbocycles. The first-order valence-electron chi connectivity index (χ1n) is 11.5. The Morgan fingerprint density at radius 1 is 0.968 bits per heavy atom. The van der Waals surface area contributed by atoms with Crippen molar-refractivity contribution in [2.24, 2.45) is 0 Å². The summed E-state index contributed by atoms with van der Waals surface area (Å²) in [6, 6.07) is 8.26. The van der Waals surface area contributed by atoms with Crippen LogP contribution in [0.1, 0.15) is 55.3 Å². The fraction of sp³-hybridized carbons (Fsp3) is 0.542. The molecule has 0 atom stereocenters. The van der Waals surface area contributed by atoms with Crippen LogP contribution in [0, 0.1) is 6.92 Å². The molecule has 0 bridgehead atoms. The summed E-state index contributed by atoms with van der Waals surface area (Å²) in [5.74, 6) is 1.80. The lowest BCUT2D eigenvalue weighted by Gasteiger charge is -2.30. The third-order valence-electron chi connectivity index (χ3n) is 6.29. The first-order valence-corrected chi connectivity index (χ1v) is 11.5. The van der Waals surface area contributed by atoms with E-state index in [0.717, 1.165) is 56.0 Å². The fourth-order valence-electron chi connectivity index (χ4n) is 4.56. The summed E-state index contributed by atoms with van der Waals surface area (Å²) in [5, 5.41) is 9.61. The lowest BCUT2D eigenvalue weighted by atomic mass is 9.91. The lowest BCUT2D eigenvalue weighted by Crippen LogP contribution is -2.42. The fourth-order valence-corrected chi connectivity index (χ4v) is 4.56. The van der Waals surface area contributed by atoms with E-state index in [4.69, 9.17) is 9.97 Å². The van der Waals surface area contributed by atoms with Crippen LogP contribution >= 0.6 is 0 Å². The monoisotopic (exact) mass is 422 g/mol. The van der Waals surface area contributed by atoms with E-state index in [2.05, 4.69) is 34.9 Å². The van der Waals surface area contributed by atoms with Gasteiger partial charge in [-0.1, -0.05) is 17.7 Å². The second-order valence-electron chi connectivity index (χ2n) is 9.05. The summed E-state index contributed by atoms with van der Waals surface area (Å²) in [6.07, 6.45) is 8.43. The van der Waals surface area contributed by atoms with E-state index in [1.54, 1.807) is 0 Å². The molecule has 0 spiro atoms. The van der Waals surface area contributed by atoms with Gasteiger partial charge in [0.25, 0.3) is 0 Å². The van der Waals surface area contributed by atoms with Crippen molar-refractivity contribution in [1.29, 1.82) is 0 Å². The Balaban J connectivity index is 1.29. The Morgan fingerprint density at radius 2 is 1.65 bits per heavy atom. The molecule has 1 aromatic heterocycles. The Hall–Kier alpha value is -2.83. The first-order chi connectivity index (χ1) is 15.0. The number of aryl methyl sites for hydroxylation is 2. The van der Waals surface area contributed by atoms with E-state index in [1.165, 1.54) is 29.7 Å². The number of amides is 2. The van der Waals surface area contributed by atoms with Gasteiger partial charge in [0.15, 0.2) is 0 Å². The molecular formula is C24H34N6O. The SMILES string of the molecule is Cc1ccc(NC(=O)N[C@H]2CC[C@@H](Nc3nc4c(c(N(C)C)n3)CCCC4)CC2)cc1. The predicted molar refractivity (Wildman–Crippen MR) is 126 cm³/mol. The van der Waals surface area contributed by atoms with E-state index in [9.17, 15) is 4.79 Å². The van der Waals surface area contributed by atoms with Gasteiger partial charge >= 0.3 is 6.03 Å². The molecule has 31 heavy (non-hydrogen) atoms. The zero-order chi connectivity index (χ0) is 21.8. The minimum Gasteiger partial charge on any atom is -0.362 e. The third-order valence-corrected chi connectivity index (χ3v) is 6.29. The number of aromatic nitrogens is 2. The Morgan fingerprint density at radius 3 is 2.35 bits per heavy atom. The molecule has 0 unspecified atom stereocenters. The number of carbonyl (C=O) groups excluding carboxylic acids is 1. The molecule has 4 rings (SSSR count). The van der Waals surface area contributed by atoms with Gasteiger partial charge < -0.3 is 20.9 Å². The minimum absolute atomic E-state index is 0.131. The number of hydrogen-bond acceptors (Lipinski definition) is 5. The molecule has 1 fully saturated rings. The number of nitrogens with zero attached hydrogens (tertiary/aromatic N) is 3. The molecule has 0 aliphatic heterocycles. The molecule has 7 nitrogen and oxygen atoms in total. The molecule has 2 aliphatic rings. The van der Waals surface area contributed by atoms with Crippen LogP contribution in [0.3, 0.4) is 0 Å². The number of fused-ring (bicyclic) bond motifs is 1. The predicted octanol–water partition coefficient (Wildman–Crippen LogP) is 4.27. The highest BCUT2D eigenvalue weighted by molar-refractivity contribution is 5.89. The van der Waals surface area contributed by atoms with Crippen molar-refractivity contribution in [3.8, 4) is 0 Å². The summed E-state index contributed by atoms with van der Waals surface area (Å²) in [5.41, 5.74) is 4.52. The van der Waals surface area contributed by atoms with Crippen molar-refractivity contribution < 1.29 is 4.79 Å². The second-order valence-corrected chi connectivity index (χ2v) is 9.05. The van der Waals surface area contributed by atoms with Gasteiger partial charge in [-0.3, -0.25) is 0 Å². The van der Waals surface area contributed by atoms with Gasteiger partial charge in [0.2, 0.25) is 5.95 Å². The lowest BCUT2D eigenvalue weighted by molar-refractivity contribution is 0.243. The summed E-state index contributed by atoms with van der Waals surface area (Å²) in [7, 11) is 4.11. The first kappa shape index (κ1) is 21.4. The Labute approximate surface area is 185 Å². The minimum atomic E-state index is -0.131. The van der Waals surface area contributed by atoms with Gasteiger partial charge in [0.05, 0.1) is 5.69 Å². The number of benzene rings is 1. The van der Waals surface area contributed by atoms with E-state index in [1.807, 2.05) is 31.2 Å². The highest BCUT2D eigenvalue weighted by Gasteiger charge is 2.24. The standard InChI is InChI=1S/C24H34N6O/c1-16-8-10-18(11-9-16)26-24(31)27-19-14-12-17(13-15-19)25-23-28-21-7-5-4-6-20(21)22(29-23)30(2)3/h8-11,17,19H,4-7,12-15H2,1-3H3,(H,25,28,29)(H2,26,27,31)/t17-,19+. The summed E-state index contributed by atoms with van der Waals surface area (Å²) in [4.78, 5) is 24.1. The molecule has 3 N–H and O–H groups in total. The van der Waals surface area contributed by atoms with Gasteiger partial charge in [0, 0.05) is 37.4 Å². The largest absolute Gasteiger partial charge is 0.362 e. The Bertz CT molecular complexity index is 903. The molecule has 1 saturated carbocycles. The number of rotatable bonds is 5. The van der Waals surface area contributed by atoms with Crippen molar-refractivity contribution in [1.82, 2.24) is 15.3 Å². The molecule has 0 saturated heterocycles. The summed E-state index contributed by atoms with van der Waals surface area (Å²) in [6.45, 7) is 2.03. The molecule has 0 radical (unpaired) electrons. The van der Waals surface area contributed by atoms with Gasteiger partial charge in [-0.05, 0) is 70.4 Å². The zero-order valence-electron chi connectivity index (χ0n) is 18.9. The number of carbonyl (C=O) groups is 1. The molecule has 2 amide bonds. The third kappa shape index (κ3) is 5.46. The van der Waals surface area contributed by atoms with Gasteiger partial charge in [0.1, 0.15) is 5.82 Å². The topological polar surface area (TPSA) is 82.2 Å². The van der Waals surface area contributed by atoms with Crippen molar-refractivity contribution in [2.45, 2.75) is 70.4 Å². The van der Waals surface area contributed by atoms with Crippen LogP contribution in [0.2, 0.25) is 0 Å². The van der Waals surface area contributed by atoms with Crippen LogP contribution in [-0.2, 0) is 12.8 Å². The van der Waals surface area contributed by atoms with Gasteiger partial charge in [-0.2, -0.15) is 4.98 Å². The normalized spacial score (nSPS) is 20.5. The van der Waals surface area contributed by atoms with Crippen molar-refractivity contribution in [3.05, 3.63) is 41.1 Å². The molecule has 166 valence electrons. The number of hydrogen-bond donors (Lipinski definition) is 3. The van der Waals surface area contributed by atoms with Crippen molar-refractivity contribution in [3.63, 3.8) is 0 Å². The van der Waals surface area contributed by atoms with E-state index < -0.39 is 0 Å². The van der Waals surface area contributed by atoms with Gasteiger partial charge in [-0.25, -0.2) is 9.78 Å². The Kier molecular flexibility index (Phi) is 6.59. The van der Waals surface area contributed by atoms with E-state index >= 15 is 0 Å². The van der Waals surface area contributed by atoms with Crippen molar-refractivity contribution in [2.75, 3.05) is 29.6 Å². The smallest absolute Gasteiger partial charge is 0.319 e. The maximum atomic E-state index is 12.3. The zero-order valence-corrected chi connectivity index (χ0v) is 18.9. The number of nitrogens with one attached hydrogen (secondary N) is 3. The maximum Gasteiger partial charge on any atom is 0.319 e. The van der Waals surface area contributed by atoms with Crippen LogP contribution in [0.4, 0.5) is 22.2 Å². The molecule has 1 heterocycles. The second kappa shape index (κ2) is 9.54. The quantitative estimate of drug-likeness (QED) is 0.670. The number of anilines is 3. The van der Waals surface area contributed by atoms with Crippen LogP contribution in [0.5, 0.6) is 0 Å². The highest BCUT2D eigenvalue weighted by atomic mass is 16.2. The van der Waals surface area contributed by atoms with Crippen molar-refractivity contribution >= 4 is 23.5 Å². The number of urea groups is 1. The van der Waals surface area contributed by atoms with Crippen LogP contribution in [0.15, 0.2) is 24.3 Å². The molecule has 1 aromatic carbocycles. The molecular weight excluding hydrogens is 388 g/mol. The van der Waals surface area contributed by atoms with E-state index in [-0.39, 0.29) is 12.1 Å². The van der Waals surface area contributed by atoms with Gasteiger partial charge in [-0.15, -0.1) is 0 Å². The van der Waals surface area contributed by atoms with E-state index in [0.29, 0.717) is 6.04 Å². The van der Waals surface area contributed by atoms with Crippen LogP contribution < -0.4 is 20.9 Å². The highest BCUT2D eigenvalue weighted by Crippen LogP contribution is 2.29.